The number of phosphoric acid groups is 1. The maximum Gasteiger partial charge on any atom is 0.557 e. The summed E-state index contributed by atoms with van der Waals surface area (Å²) in [6.07, 6.45) is 1.07. The van der Waals surface area contributed by atoms with Gasteiger partial charge in [-0.15, -0.1) is 4.67 Å². The highest BCUT2D eigenvalue weighted by Crippen LogP contribution is 2.59. The van der Waals surface area contributed by atoms with E-state index in [1.54, 1.807) is 6.07 Å². The lowest BCUT2D eigenvalue weighted by Gasteiger charge is -2.32. The summed E-state index contributed by atoms with van der Waals surface area (Å²) >= 11 is 0. The zero-order valence-electron chi connectivity index (χ0n) is 13.9. The van der Waals surface area contributed by atoms with Crippen LogP contribution in [0, 0.1) is 0 Å². The predicted molar refractivity (Wildman–Crippen MR) is 97.4 cm³/mol. The van der Waals surface area contributed by atoms with Crippen LogP contribution in [-0.2, 0) is 20.2 Å². The lowest BCUT2D eigenvalue weighted by Crippen LogP contribution is -2.27. The van der Waals surface area contributed by atoms with E-state index >= 15 is 0 Å². The lowest BCUT2D eigenvalue weighted by atomic mass is 9.75. The molecule has 2 aliphatic rings. The van der Waals surface area contributed by atoms with E-state index in [2.05, 4.69) is 16.8 Å². The molecule has 1 aliphatic heterocycles. The van der Waals surface area contributed by atoms with Crippen LogP contribution >= 0.6 is 7.82 Å². The smallest absolute Gasteiger partial charge is 0.402 e. The van der Waals surface area contributed by atoms with Crippen molar-refractivity contribution < 1.29 is 23.5 Å². The Hall–Kier alpha value is -2.17. The minimum atomic E-state index is -4.09. The van der Waals surface area contributed by atoms with Crippen LogP contribution in [0.3, 0.4) is 0 Å². The first kappa shape index (κ1) is 16.0. The number of fused-ring (bicyclic) bond motifs is 7. The molecule has 0 fully saturated rings. The maximum atomic E-state index is 12.8. The Kier molecular flexibility index (Phi) is 3.66. The topological polar surface area (TPSA) is 65.0 Å². The molecule has 132 valence electrons. The molecule has 2 unspecified atom stereocenters. The third-order valence-electron chi connectivity index (χ3n) is 5.28. The molecule has 3 aromatic carbocycles. The van der Waals surface area contributed by atoms with Crippen LogP contribution in [0.2, 0.25) is 0 Å². The normalized spacial score (nSPS) is 27.0. The Morgan fingerprint density at radius 1 is 1.04 bits per heavy atom. The molecular weight excluding hydrogens is 351 g/mol. The van der Waals surface area contributed by atoms with Crippen LogP contribution in [0.15, 0.2) is 60.7 Å². The lowest BCUT2D eigenvalue weighted by molar-refractivity contribution is -0.163. The van der Waals surface area contributed by atoms with Crippen LogP contribution in [0.4, 0.5) is 0 Å². The van der Waals surface area contributed by atoms with Gasteiger partial charge in [-0.05, 0) is 40.8 Å². The van der Waals surface area contributed by atoms with Gasteiger partial charge in [0.25, 0.3) is 0 Å². The van der Waals surface area contributed by atoms with Gasteiger partial charge in [0.05, 0.1) is 6.10 Å². The molecule has 0 saturated carbocycles. The van der Waals surface area contributed by atoms with Crippen molar-refractivity contribution in [1.29, 1.82) is 0 Å². The highest BCUT2D eigenvalue weighted by atomic mass is 31.2. The van der Waals surface area contributed by atoms with Gasteiger partial charge in [-0.2, -0.15) is 0 Å². The Morgan fingerprint density at radius 2 is 1.85 bits per heavy atom. The Bertz CT molecular complexity index is 1050. The van der Waals surface area contributed by atoms with Crippen molar-refractivity contribution in [2.24, 2.45) is 0 Å². The fourth-order valence-corrected chi connectivity index (χ4v) is 5.28. The number of hydrogen-bond donors (Lipinski definition) is 1. The fraction of sp³-hybridized carbons (Fsp3) is 0.200. The van der Waals surface area contributed by atoms with E-state index in [1.165, 1.54) is 5.56 Å². The van der Waals surface area contributed by atoms with E-state index < -0.39 is 13.9 Å². The van der Waals surface area contributed by atoms with Gasteiger partial charge in [-0.3, -0.25) is 4.52 Å². The van der Waals surface area contributed by atoms with Crippen LogP contribution in [0.5, 0.6) is 5.75 Å². The second-order valence-electron chi connectivity index (χ2n) is 6.68. The Labute approximate surface area is 150 Å². The standard InChI is InChI=1S/C20H17O5P/c21-25-26(22)23-17-11-9-13-5-1-3-7-15(13)19(17)20-16-8-4-2-6-14(16)10-12-18(20)24-26/h1-9,11,18,20-21H,10,12H2/t18?,20-,26?/m1/s1. The molecule has 0 saturated heterocycles. The fourth-order valence-electron chi connectivity index (χ4n) is 4.20. The highest BCUT2D eigenvalue weighted by molar-refractivity contribution is 7.48. The van der Waals surface area contributed by atoms with Gasteiger partial charge in [0.15, 0.2) is 0 Å². The molecule has 5 rings (SSSR count). The van der Waals surface area contributed by atoms with Crippen molar-refractivity contribution in [2.45, 2.75) is 24.9 Å². The zero-order chi connectivity index (χ0) is 17.7. The van der Waals surface area contributed by atoms with Crippen molar-refractivity contribution in [1.82, 2.24) is 0 Å². The molecule has 3 aromatic rings. The summed E-state index contributed by atoms with van der Waals surface area (Å²) in [5.74, 6) is 0.275. The summed E-state index contributed by atoms with van der Waals surface area (Å²) in [5, 5.41) is 11.3. The summed E-state index contributed by atoms with van der Waals surface area (Å²) in [7, 11) is -4.09. The summed E-state index contributed by atoms with van der Waals surface area (Å²) < 4.78 is 28.2. The van der Waals surface area contributed by atoms with E-state index in [-0.39, 0.29) is 5.92 Å². The minimum Gasteiger partial charge on any atom is -0.402 e. The number of aryl methyl sites for hydroxylation is 1. The molecular formula is C20H17O5P. The average Bonchev–Trinajstić information content (AvgIpc) is 2.82. The largest absolute Gasteiger partial charge is 0.557 e. The van der Waals surface area contributed by atoms with Crippen molar-refractivity contribution in [3.63, 3.8) is 0 Å². The Morgan fingerprint density at radius 3 is 2.73 bits per heavy atom. The SMILES string of the molecule is O=P1(OO)Oc2ccc3ccccc3c2[C@@H]2c3ccccc3CCC2O1. The molecule has 26 heavy (non-hydrogen) atoms. The van der Waals surface area contributed by atoms with Crippen molar-refractivity contribution >= 4 is 18.6 Å². The van der Waals surface area contributed by atoms with E-state index in [4.69, 9.17) is 9.05 Å². The van der Waals surface area contributed by atoms with Crippen molar-refractivity contribution in [3.8, 4) is 5.75 Å². The van der Waals surface area contributed by atoms with Gasteiger partial charge in [-0.25, -0.2) is 9.82 Å². The molecule has 0 amide bonds. The zero-order valence-corrected chi connectivity index (χ0v) is 14.8. The van der Waals surface area contributed by atoms with Gasteiger partial charge in [0.1, 0.15) is 5.75 Å². The first-order chi connectivity index (χ1) is 12.7. The van der Waals surface area contributed by atoms with Gasteiger partial charge in [0, 0.05) is 11.5 Å². The van der Waals surface area contributed by atoms with Gasteiger partial charge < -0.3 is 4.52 Å². The minimum absolute atomic E-state index is 0.146. The molecule has 0 spiro atoms. The van der Waals surface area contributed by atoms with E-state index in [1.807, 2.05) is 42.5 Å². The molecule has 0 aromatic heterocycles. The van der Waals surface area contributed by atoms with E-state index in [0.29, 0.717) is 12.2 Å². The molecule has 1 heterocycles. The summed E-state index contributed by atoms with van der Waals surface area (Å²) in [6, 6.07) is 19.9. The summed E-state index contributed by atoms with van der Waals surface area (Å²) in [6.45, 7) is 0. The molecule has 1 N–H and O–H groups in total. The number of phosphoric ester groups is 1. The maximum absolute atomic E-state index is 12.8. The molecule has 6 heteroatoms. The monoisotopic (exact) mass is 368 g/mol. The average molecular weight is 368 g/mol. The quantitative estimate of drug-likeness (QED) is 0.359. The van der Waals surface area contributed by atoms with Crippen molar-refractivity contribution in [2.75, 3.05) is 0 Å². The van der Waals surface area contributed by atoms with Crippen LogP contribution in [0.25, 0.3) is 10.8 Å². The van der Waals surface area contributed by atoms with Gasteiger partial charge in [0.2, 0.25) is 0 Å². The highest BCUT2D eigenvalue weighted by Gasteiger charge is 2.45. The van der Waals surface area contributed by atoms with E-state index in [9.17, 15) is 9.82 Å². The van der Waals surface area contributed by atoms with E-state index in [0.717, 1.165) is 28.3 Å². The number of benzene rings is 3. The van der Waals surface area contributed by atoms with Crippen LogP contribution in [0.1, 0.15) is 29.0 Å². The molecule has 0 bridgehead atoms. The molecule has 0 radical (unpaired) electrons. The molecule has 5 nitrogen and oxygen atoms in total. The first-order valence-electron chi connectivity index (χ1n) is 8.59. The first-order valence-corrected chi connectivity index (χ1v) is 10.1. The Balaban J connectivity index is 1.84. The molecule has 1 aliphatic carbocycles. The van der Waals surface area contributed by atoms with Crippen molar-refractivity contribution in [3.05, 3.63) is 77.4 Å². The second-order valence-corrected chi connectivity index (χ2v) is 8.13. The van der Waals surface area contributed by atoms with Crippen LogP contribution in [-0.4, -0.2) is 11.4 Å². The second kappa shape index (κ2) is 5.93. The molecule has 3 atom stereocenters. The number of hydrogen-bond acceptors (Lipinski definition) is 5. The van der Waals surface area contributed by atoms with Gasteiger partial charge >= 0.3 is 7.82 Å². The number of rotatable bonds is 1. The van der Waals surface area contributed by atoms with Crippen LogP contribution < -0.4 is 4.52 Å². The summed E-state index contributed by atoms with van der Waals surface area (Å²) in [4.78, 5) is 0. The third kappa shape index (κ3) is 2.40. The van der Waals surface area contributed by atoms with Gasteiger partial charge in [-0.1, -0.05) is 54.6 Å². The summed E-state index contributed by atoms with van der Waals surface area (Å²) in [5.41, 5.74) is 3.31. The predicted octanol–water partition coefficient (Wildman–Crippen LogP) is 5.29. The third-order valence-corrected chi connectivity index (χ3v) is 6.43.